The number of carboxylic acid groups (broad SMARTS) is 1. The molecule has 0 spiro atoms. The predicted octanol–water partition coefficient (Wildman–Crippen LogP) is 2.09. The van der Waals surface area contributed by atoms with E-state index in [1.165, 1.54) is 12.1 Å². The lowest BCUT2D eigenvalue weighted by Crippen LogP contribution is -2.28. The lowest BCUT2D eigenvalue weighted by Gasteiger charge is -2.10. The normalized spacial score (nSPS) is 9.96. The van der Waals surface area contributed by atoms with Crippen LogP contribution in [0.25, 0.3) is 0 Å². The third kappa shape index (κ3) is 4.74. The summed E-state index contributed by atoms with van der Waals surface area (Å²) in [6.45, 7) is 0.125. The number of benzene rings is 2. The summed E-state index contributed by atoms with van der Waals surface area (Å²) in [7, 11) is 1.57. The van der Waals surface area contributed by atoms with Crippen LogP contribution in [-0.2, 0) is 11.3 Å². The van der Waals surface area contributed by atoms with Gasteiger partial charge in [-0.1, -0.05) is 24.3 Å². The van der Waals surface area contributed by atoms with Gasteiger partial charge in [0.1, 0.15) is 11.5 Å². The Morgan fingerprint density at radius 2 is 1.91 bits per heavy atom. The zero-order valence-corrected chi connectivity index (χ0v) is 12.6. The first kappa shape index (κ1) is 16.4. The Balaban J connectivity index is 1.86. The van der Waals surface area contributed by atoms with Crippen LogP contribution in [0.1, 0.15) is 15.9 Å². The lowest BCUT2D eigenvalue weighted by atomic mass is 10.2. The minimum atomic E-state index is -1.05. The van der Waals surface area contributed by atoms with Crippen LogP contribution in [0.3, 0.4) is 0 Å². The van der Waals surface area contributed by atoms with E-state index in [0.29, 0.717) is 18.0 Å². The molecule has 0 saturated carbocycles. The number of methoxy groups -OCH3 is 1. The van der Waals surface area contributed by atoms with E-state index < -0.39 is 5.97 Å². The molecule has 2 aromatic carbocycles. The minimum absolute atomic E-state index is 0.108. The van der Waals surface area contributed by atoms with Gasteiger partial charge in [-0.05, 0) is 24.3 Å². The second-order valence-electron chi connectivity index (χ2n) is 4.71. The van der Waals surface area contributed by atoms with Crippen molar-refractivity contribution in [2.45, 2.75) is 6.54 Å². The molecule has 6 nitrogen and oxygen atoms in total. The van der Waals surface area contributed by atoms with Crippen LogP contribution in [0, 0.1) is 0 Å². The Morgan fingerprint density at radius 1 is 1.13 bits per heavy atom. The largest absolute Gasteiger partial charge is 0.496 e. The number of hydrogen-bond donors (Lipinski definition) is 2. The van der Waals surface area contributed by atoms with E-state index in [1.807, 2.05) is 24.3 Å². The van der Waals surface area contributed by atoms with Crippen molar-refractivity contribution in [3.05, 3.63) is 59.7 Å². The molecule has 0 saturated heterocycles. The quantitative estimate of drug-likeness (QED) is 0.817. The number of rotatable bonds is 7. The molecule has 0 atom stereocenters. The first-order chi connectivity index (χ1) is 11.1. The zero-order valence-electron chi connectivity index (χ0n) is 12.6. The van der Waals surface area contributed by atoms with Crippen molar-refractivity contribution in [3.63, 3.8) is 0 Å². The topological polar surface area (TPSA) is 84.9 Å². The number of ether oxygens (including phenoxy) is 2. The van der Waals surface area contributed by atoms with Crippen LogP contribution < -0.4 is 14.8 Å². The average Bonchev–Trinajstić information content (AvgIpc) is 2.58. The Hall–Kier alpha value is -3.02. The van der Waals surface area contributed by atoms with Gasteiger partial charge < -0.3 is 19.9 Å². The molecule has 2 N–H and O–H groups in total. The molecule has 0 aliphatic carbocycles. The Bertz CT molecular complexity index is 699. The molecule has 0 aliphatic rings. The molecule has 0 heterocycles. The molecule has 23 heavy (non-hydrogen) atoms. The maximum atomic E-state index is 11.8. The maximum Gasteiger partial charge on any atom is 0.335 e. The predicted molar refractivity (Wildman–Crippen MR) is 83.7 cm³/mol. The zero-order chi connectivity index (χ0) is 16.7. The highest BCUT2D eigenvalue weighted by Crippen LogP contribution is 2.16. The Labute approximate surface area is 133 Å². The van der Waals surface area contributed by atoms with E-state index in [4.69, 9.17) is 14.6 Å². The second-order valence-corrected chi connectivity index (χ2v) is 4.71. The number of hydrogen-bond acceptors (Lipinski definition) is 4. The number of aromatic carboxylic acids is 1. The highest BCUT2D eigenvalue weighted by molar-refractivity contribution is 5.88. The first-order valence-electron chi connectivity index (χ1n) is 6.95. The van der Waals surface area contributed by atoms with Crippen molar-refractivity contribution in [2.24, 2.45) is 0 Å². The Kier molecular flexibility index (Phi) is 5.57. The smallest absolute Gasteiger partial charge is 0.335 e. The third-order valence-electron chi connectivity index (χ3n) is 3.12. The van der Waals surface area contributed by atoms with Gasteiger partial charge in [-0.15, -0.1) is 0 Å². The molecule has 0 unspecified atom stereocenters. The SMILES string of the molecule is COc1ccccc1CNC(=O)COc1cccc(C(=O)O)c1. The van der Waals surface area contributed by atoms with Crippen LogP contribution in [0.4, 0.5) is 0 Å². The van der Waals surface area contributed by atoms with E-state index in [-0.39, 0.29) is 18.1 Å². The number of carboxylic acids is 1. The van der Waals surface area contributed by atoms with E-state index in [9.17, 15) is 9.59 Å². The summed E-state index contributed by atoms with van der Waals surface area (Å²) in [5, 5.41) is 11.6. The van der Waals surface area contributed by atoms with Gasteiger partial charge >= 0.3 is 5.97 Å². The Morgan fingerprint density at radius 3 is 2.65 bits per heavy atom. The summed E-state index contributed by atoms with van der Waals surface area (Å²) < 4.78 is 10.5. The number of carbonyl (C=O) groups is 2. The third-order valence-corrected chi connectivity index (χ3v) is 3.12. The molecular formula is C17H17NO5. The van der Waals surface area contributed by atoms with Crippen molar-refractivity contribution in [1.29, 1.82) is 0 Å². The van der Waals surface area contributed by atoms with E-state index in [0.717, 1.165) is 5.56 Å². The standard InChI is InChI=1S/C17H17NO5/c1-22-15-8-3-2-5-13(15)10-18-16(19)11-23-14-7-4-6-12(9-14)17(20)21/h2-9H,10-11H2,1H3,(H,18,19)(H,20,21). The van der Waals surface area contributed by atoms with Gasteiger partial charge in [0.05, 0.1) is 12.7 Å². The second kappa shape index (κ2) is 7.84. The summed E-state index contributed by atoms with van der Waals surface area (Å²) in [6, 6.07) is 13.4. The van der Waals surface area contributed by atoms with Crippen molar-refractivity contribution < 1.29 is 24.2 Å². The van der Waals surface area contributed by atoms with Crippen molar-refractivity contribution in [2.75, 3.05) is 13.7 Å². The monoisotopic (exact) mass is 315 g/mol. The van der Waals surface area contributed by atoms with Gasteiger partial charge in [0.15, 0.2) is 6.61 Å². The van der Waals surface area contributed by atoms with Crippen LogP contribution in [0.2, 0.25) is 0 Å². The molecule has 0 bridgehead atoms. The minimum Gasteiger partial charge on any atom is -0.496 e. The van der Waals surface area contributed by atoms with Crippen LogP contribution >= 0.6 is 0 Å². The summed E-state index contributed by atoms with van der Waals surface area (Å²) in [5.74, 6) is -0.326. The average molecular weight is 315 g/mol. The van der Waals surface area contributed by atoms with Crippen molar-refractivity contribution >= 4 is 11.9 Å². The van der Waals surface area contributed by atoms with Gasteiger partial charge in [-0.2, -0.15) is 0 Å². The summed E-state index contributed by atoms with van der Waals surface area (Å²) in [6.07, 6.45) is 0. The number of carbonyl (C=O) groups excluding carboxylic acids is 1. The number of para-hydroxylation sites is 1. The summed E-state index contributed by atoms with van der Waals surface area (Å²) >= 11 is 0. The van der Waals surface area contributed by atoms with Gasteiger partial charge in [-0.25, -0.2) is 4.79 Å². The molecule has 1 amide bonds. The fourth-order valence-electron chi connectivity index (χ4n) is 1.96. The van der Waals surface area contributed by atoms with Crippen molar-refractivity contribution in [1.82, 2.24) is 5.32 Å². The van der Waals surface area contributed by atoms with Gasteiger partial charge in [0.2, 0.25) is 0 Å². The summed E-state index contributed by atoms with van der Waals surface area (Å²) in [5.41, 5.74) is 0.966. The molecule has 6 heteroatoms. The number of amides is 1. The van der Waals surface area contributed by atoms with Crippen LogP contribution in [-0.4, -0.2) is 30.7 Å². The van der Waals surface area contributed by atoms with Gasteiger partial charge in [0.25, 0.3) is 5.91 Å². The van der Waals surface area contributed by atoms with E-state index >= 15 is 0 Å². The molecule has 0 radical (unpaired) electrons. The van der Waals surface area contributed by atoms with E-state index in [1.54, 1.807) is 19.2 Å². The molecule has 120 valence electrons. The van der Waals surface area contributed by atoms with Gasteiger partial charge in [0, 0.05) is 12.1 Å². The highest BCUT2D eigenvalue weighted by Gasteiger charge is 2.07. The molecule has 2 rings (SSSR count). The highest BCUT2D eigenvalue weighted by atomic mass is 16.5. The molecule has 0 fully saturated rings. The van der Waals surface area contributed by atoms with Gasteiger partial charge in [-0.3, -0.25) is 4.79 Å². The lowest BCUT2D eigenvalue weighted by molar-refractivity contribution is -0.123. The molecule has 2 aromatic rings. The molecule has 0 aliphatic heterocycles. The first-order valence-corrected chi connectivity index (χ1v) is 6.95. The van der Waals surface area contributed by atoms with Crippen molar-refractivity contribution in [3.8, 4) is 11.5 Å². The summed E-state index contributed by atoms with van der Waals surface area (Å²) in [4.78, 5) is 22.7. The molecular weight excluding hydrogens is 298 g/mol. The molecule has 0 aromatic heterocycles. The van der Waals surface area contributed by atoms with Crippen LogP contribution in [0.5, 0.6) is 11.5 Å². The van der Waals surface area contributed by atoms with Crippen LogP contribution in [0.15, 0.2) is 48.5 Å². The van der Waals surface area contributed by atoms with E-state index in [2.05, 4.69) is 5.32 Å². The fourth-order valence-corrected chi connectivity index (χ4v) is 1.96. The number of nitrogens with one attached hydrogen (secondary N) is 1. The fraction of sp³-hybridized carbons (Fsp3) is 0.176. The maximum absolute atomic E-state index is 11.8.